The lowest BCUT2D eigenvalue weighted by molar-refractivity contribution is 0.157. The molecule has 0 fully saturated rings. The second-order valence-electron chi connectivity index (χ2n) is 3.09. The summed E-state index contributed by atoms with van der Waals surface area (Å²) in [6, 6.07) is 0. The first-order valence-electron chi connectivity index (χ1n) is 4.01. The summed E-state index contributed by atoms with van der Waals surface area (Å²) in [6.07, 6.45) is 3.36. The Morgan fingerprint density at radius 1 is 1.67 bits per heavy atom. The van der Waals surface area contributed by atoms with Crippen molar-refractivity contribution in [1.82, 2.24) is 9.97 Å². The van der Waals surface area contributed by atoms with Gasteiger partial charge in [-0.05, 0) is 18.4 Å². The van der Waals surface area contributed by atoms with Gasteiger partial charge in [-0.2, -0.15) is 0 Å². The molecule has 4 heteroatoms. The molecule has 12 heavy (non-hydrogen) atoms. The number of hydrogen-bond donors (Lipinski definition) is 2. The van der Waals surface area contributed by atoms with Crippen LogP contribution in [0.4, 0.5) is 0 Å². The van der Waals surface area contributed by atoms with E-state index in [1.807, 2.05) is 0 Å². The van der Waals surface area contributed by atoms with Crippen molar-refractivity contribution in [1.29, 1.82) is 0 Å². The van der Waals surface area contributed by atoms with Crippen LogP contribution in [0.25, 0.3) is 0 Å². The molecule has 1 aliphatic rings. The molecular formula is C8H10N2O2. The van der Waals surface area contributed by atoms with E-state index in [0.29, 0.717) is 6.42 Å². The number of aliphatic hydroxyl groups is 1. The normalized spacial score (nSPS) is 21.9. The topological polar surface area (TPSA) is 66.0 Å². The summed E-state index contributed by atoms with van der Waals surface area (Å²) in [5, 5.41) is 9.31. The van der Waals surface area contributed by atoms with E-state index < -0.39 is 0 Å². The van der Waals surface area contributed by atoms with Gasteiger partial charge in [0, 0.05) is 18.3 Å². The van der Waals surface area contributed by atoms with Crippen LogP contribution < -0.4 is 5.69 Å². The summed E-state index contributed by atoms with van der Waals surface area (Å²) in [5.74, 6) is 0. The van der Waals surface area contributed by atoms with Gasteiger partial charge in [0.25, 0.3) is 0 Å². The molecule has 64 valence electrons. The average Bonchev–Trinajstić information content (AvgIpc) is 2.05. The molecule has 0 saturated heterocycles. The summed E-state index contributed by atoms with van der Waals surface area (Å²) in [5.41, 5.74) is 1.60. The Morgan fingerprint density at radius 2 is 2.50 bits per heavy atom. The molecule has 0 bridgehead atoms. The Balaban J connectivity index is 2.43. The summed E-state index contributed by atoms with van der Waals surface area (Å²) in [4.78, 5) is 17.1. The van der Waals surface area contributed by atoms with Gasteiger partial charge in [-0.1, -0.05) is 0 Å². The summed E-state index contributed by atoms with van der Waals surface area (Å²) < 4.78 is 0. The molecular weight excluding hydrogens is 156 g/mol. The SMILES string of the molecule is O=c1ncc2c([nH]1)CCC(O)C2. The van der Waals surface area contributed by atoms with Gasteiger partial charge in [0.1, 0.15) is 0 Å². The number of aromatic nitrogens is 2. The van der Waals surface area contributed by atoms with Gasteiger partial charge in [-0.15, -0.1) is 0 Å². The third-order valence-electron chi connectivity index (χ3n) is 2.17. The molecule has 0 aromatic carbocycles. The minimum Gasteiger partial charge on any atom is -0.393 e. The first-order chi connectivity index (χ1) is 5.75. The van der Waals surface area contributed by atoms with Crippen LogP contribution in [0.5, 0.6) is 0 Å². The molecule has 0 spiro atoms. The number of fused-ring (bicyclic) bond motifs is 1. The zero-order chi connectivity index (χ0) is 8.55. The largest absolute Gasteiger partial charge is 0.393 e. The fourth-order valence-corrected chi connectivity index (χ4v) is 1.52. The first kappa shape index (κ1) is 7.49. The maximum atomic E-state index is 10.8. The number of aliphatic hydroxyl groups excluding tert-OH is 1. The van der Waals surface area contributed by atoms with Crippen LogP contribution in [-0.4, -0.2) is 21.2 Å². The molecule has 0 radical (unpaired) electrons. The van der Waals surface area contributed by atoms with E-state index in [1.54, 1.807) is 6.20 Å². The van der Waals surface area contributed by atoms with Crippen molar-refractivity contribution >= 4 is 0 Å². The van der Waals surface area contributed by atoms with E-state index >= 15 is 0 Å². The first-order valence-corrected chi connectivity index (χ1v) is 4.01. The van der Waals surface area contributed by atoms with E-state index in [0.717, 1.165) is 24.1 Å². The lowest BCUT2D eigenvalue weighted by Gasteiger charge is -2.18. The number of nitrogens with one attached hydrogen (secondary N) is 1. The zero-order valence-corrected chi connectivity index (χ0v) is 6.58. The van der Waals surface area contributed by atoms with Crippen LogP contribution in [0.3, 0.4) is 0 Å². The second kappa shape index (κ2) is 2.71. The van der Waals surface area contributed by atoms with E-state index in [2.05, 4.69) is 9.97 Å². The van der Waals surface area contributed by atoms with Gasteiger partial charge in [0.05, 0.1) is 6.10 Å². The standard InChI is InChI=1S/C8H10N2O2/c11-6-1-2-7-5(3-6)4-9-8(12)10-7/h4,6,11H,1-3H2,(H,9,10,12). The molecule has 1 atom stereocenters. The van der Waals surface area contributed by atoms with Crippen molar-refractivity contribution in [3.05, 3.63) is 27.9 Å². The molecule has 4 nitrogen and oxygen atoms in total. The van der Waals surface area contributed by atoms with Gasteiger partial charge in [0.2, 0.25) is 0 Å². The predicted octanol–water partition coefficient (Wildman–Crippen LogP) is -0.381. The number of rotatable bonds is 0. The van der Waals surface area contributed by atoms with Crippen molar-refractivity contribution < 1.29 is 5.11 Å². The molecule has 1 unspecified atom stereocenters. The smallest absolute Gasteiger partial charge is 0.345 e. The Kier molecular flexibility index (Phi) is 1.69. The molecule has 2 N–H and O–H groups in total. The van der Waals surface area contributed by atoms with Crippen LogP contribution in [0, 0.1) is 0 Å². The highest BCUT2D eigenvalue weighted by Gasteiger charge is 2.16. The van der Waals surface area contributed by atoms with E-state index in [9.17, 15) is 9.90 Å². The van der Waals surface area contributed by atoms with E-state index in [-0.39, 0.29) is 11.8 Å². The van der Waals surface area contributed by atoms with Crippen LogP contribution in [0.15, 0.2) is 11.0 Å². The zero-order valence-electron chi connectivity index (χ0n) is 6.58. The lowest BCUT2D eigenvalue weighted by Crippen LogP contribution is -2.24. The van der Waals surface area contributed by atoms with Gasteiger partial charge < -0.3 is 10.1 Å². The summed E-state index contributed by atoms with van der Waals surface area (Å²) >= 11 is 0. The predicted molar refractivity (Wildman–Crippen MR) is 42.9 cm³/mol. The third kappa shape index (κ3) is 1.25. The molecule has 1 heterocycles. The molecule has 0 amide bonds. The van der Waals surface area contributed by atoms with Crippen LogP contribution in [0.2, 0.25) is 0 Å². The van der Waals surface area contributed by atoms with Gasteiger partial charge in [0.15, 0.2) is 0 Å². The molecule has 2 rings (SSSR count). The maximum absolute atomic E-state index is 10.8. The van der Waals surface area contributed by atoms with E-state index in [1.165, 1.54) is 0 Å². The number of nitrogens with zero attached hydrogens (tertiary/aromatic N) is 1. The molecule has 1 aromatic heterocycles. The number of aromatic amines is 1. The average molecular weight is 166 g/mol. The lowest BCUT2D eigenvalue weighted by atomic mass is 9.95. The van der Waals surface area contributed by atoms with Gasteiger partial charge in [-0.3, -0.25) is 0 Å². The Hall–Kier alpha value is -1.16. The second-order valence-corrected chi connectivity index (χ2v) is 3.09. The highest BCUT2D eigenvalue weighted by Crippen LogP contribution is 2.16. The third-order valence-corrected chi connectivity index (χ3v) is 2.17. The fourth-order valence-electron chi connectivity index (χ4n) is 1.52. The van der Waals surface area contributed by atoms with Crippen molar-refractivity contribution in [2.75, 3.05) is 0 Å². The number of hydrogen-bond acceptors (Lipinski definition) is 3. The van der Waals surface area contributed by atoms with Crippen molar-refractivity contribution in [2.45, 2.75) is 25.4 Å². The number of aryl methyl sites for hydroxylation is 1. The Labute approximate surface area is 69.3 Å². The quantitative estimate of drug-likeness (QED) is 0.552. The molecule has 0 aliphatic heterocycles. The summed E-state index contributed by atoms with van der Waals surface area (Å²) in [7, 11) is 0. The van der Waals surface area contributed by atoms with Crippen LogP contribution in [-0.2, 0) is 12.8 Å². The fraction of sp³-hybridized carbons (Fsp3) is 0.500. The van der Waals surface area contributed by atoms with Crippen molar-refractivity contribution in [3.63, 3.8) is 0 Å². The highest BCUT2D eigenvalue weighted by atomic mass is 16.3. The Bertz CT molecular complexity index is 345. The minimum atomic E-state index is -0.301. The van der Waals surface area contributed by atoms with Crippen molar-refractivity contribution in [3.8, 4) is 0 Å². The maximum Gasteiger partial charge on any atom is 0.345 e. The monoisotopic (exact) mass is 166 g/mol. The highest BCUT2D eigenvalue weighted by molar-refractivity contribution is 5.19. The number of H-pyrrole nitrogens is 1. The molecule has 1 aliphatic carbocycles. The van der Waals surface area contributed by atoms with Crippen molar-refractivity contribution in [2.24, 2.45) is 0 Å². The molecule has 1 aromatic rings. The molecule has 0 saturated carbocycles. The van der Waals surface area contributed by atoms with Gasteiger partial charge >= 0.3 is 5.69 Å². The summed E-state index contributed by atoms with van der Waals surface area (Å²) in [6.45, 7) is 0. The Morgan fingerprint density at radius 3 is 3.33 bits per heavy atom. The van der Waals surface area contributed by atoms with Crippen LogP contribution in [0.1, 0.15) is 17.7 Å². The minimum absolute atomic E-state index is 0.273. The van der Waals surface area contributed by atoms with E-state index in [4.69, 9.17) is 0 Å². The van der Waals surface area contributed by atoms with Crippen LogP contribution >= 0.6 is 0 Å². The van der Waals surface area contributed by atoms with Gasteiger partial charge in [-0.25, -0.2) is 9.78 Å².